The molecule has 0 aliphatic carbocycles. The predicted molar refractivity (Wildman–Crippen MR) is 103 cm³/mol. The summed E-state index contributed by atoms with van der Waals surface area (Å²) in [5.41, 5.74) is 0. The Morgan fingerprint density at radius 2 is 1.46 bits per heavy atom. The number of likely N-dealkylation sites (N-methyl/N-ethyl adjacent to an activating group) is 1. The summed E-state index contributed by atoms with van der Waals surface area (Å²) in [5, 5.41) is 15.9. The Hall–Kier alpha value is -2.63. The molecule has 0 bridgehead atoms. The molecule has 1 aromatic heterocycles. The SMILES string of the molecule is CCN(CC)C(=O)[C@@H](C)N(C#N)c1nc(NC(C)C)nc(NC(C)C)n1. The summed E-state index contributed by atoms with van der Waals surface area (Å²) in [4.78, 5) is 28.5. The number of hydrogen-bond acceptors (Lipinski definition) is 8. The predicted octanol–water partition coefficient (Wildman–Crippen LogP) is 2.06. The first-order valence-electron chi connectivity index (χ1n) is 9.00. The minimum atomic E-state index is -0.707. The van der Waals surface area contributed by atoms with Gasteiger partial charge in [0.15, 0.2) is 6.19 Å². The summed E-state index contributed by atoms with van der Waals surface area (Å²) in [6.07, 6.45) is 2.04. The molecule has 9 nitrogen and oxygen atoms in total. The second-order valence-electron chi connectivity index (χ2n) is 6.54. The number of nitrogens with zero attached hydrogens (tertiary/aromatic N) is 6. The lowest BCUT2D eigenvalue weighted by Crippen LogP contribution is -2.46. The smallest absolute Gasteiger partial charge is 0.246 e. The molecule has 1 aromatic rings. The maximum atomic E-state index is 12.6. The quantitative estimate of drug-likeness (QED) is 0.507. The Bertz CT molecular complexity index is 608. The number of carbonyl (C=O) groups excluding carboxylic acids is 1. The molecule has 1 amide bonds. The van der Waals surface area contributed by atoms with Crippen LogP contribution in [0.5, 0.6) is 0 Å². The van der Waals surface area contributed by atoms with Crippen LogP contribution < -0.4 is 15.5 Å². The zero-order chi connectivity index (χ0) is 19.9. The van der Waals surface area contributed by atoms with E-state index in [1.165, 1.54) is 4.90 Å². The van der Waals surface area contributed by atoms with Gasteiger partial charge in [-0.2, -0.15) is 20.2 Å². The van der Waals surface area contributed by atoms with Gasteiger partial charge < -0.3 is 15.5 Å². The lowest BCUT2D eigenvalue weighted by molar-refractivity contribution is -0.131. The van der Waals surface area contributed by atoms with Gasteiger partial charge in [0, 0.05) is 25.2 Å². The number of carbonyl (C=O) groups is 1. The number of aromatic nitrogens is 3. The number of rotatable bonds is 9. The van der Waals surface area contributed by atoms with Gasteiger partial charge in [0.2, 0.25) is 23.8 Å². The van der Waals surface area contributed by atoms with Crippen LogP contribution in [0.25, 0.3) is 0 Å². The van der Waals surface area contributed by atoms with E-state index in [2.05, 4.69) is 25.6 Å². The summed E-state index contributed by atoms with van der Waals surface area (Å²) in [7, 11) is 0. The van der Waals surface area contributed by atoms with Gasteiger partial charge in [-0.3, -0.25) is 4.79 Å². The second kappa shape index (κ2) is 9.75. The monoisotopic (exact) mass is 362 g/mol. The lowest BCUT2D eigenvalue weighted by Gasteiger charge is -2.27. The summed E-state index contributed by atoms with van der Waals surface area (Å²) in [6.45, 7) is 14.5. The molecule has 9 heteroatoms. The third-order valence-electron chi connectivity index (χ3n) is 3.60. The molecular formula is C17H30N8O. The minimum absolute atomic E-state index is 0.113. The van der Waals surface area contributed by atoms with Crippen molar-refractivity contribution < 1.29 is 4.79 Å². The normalized spacial score (nSPS) is 11.8. The first-order chi connectivity index (χ1) is 12.2. The van der Waals surface area contributed by atoms with Crippen molar-refractivity contribution in [1.29, 1.82) is 5.26 Å². The van der Waals surface area contributed by atoms with Crippen LogP contribution in [0, 0.1) is 11.5 Å². The molecular weight excluding hydrogens is 332 g/mol. The van der Waals surface area contributed by atoms with Crippen LogP contribution in [0.2, 0.25) is 0 Å². The molecule has 0 aliphatic rings. The third kappa shape index (κ3) is 5.72. The Morgan fingerprint density at radius 3 is 1.81 bits per heavy atom. The van der Waals surface area contributed by atoms with Crippen molar-refractivity contribution in [2.24, 2.45) is 0 Å². The second-order valence-corrected chi connectivity index (χ2v) is 6.54. The van der Waals surface area contributed by atoms with Crippen LogP contribution in [-0.4, -0.2) is 57.0 Å². The average molecular weight is 362 g/mol. The Labute approximate surface area is 155 Å². The molecule has 0 saturated carbocycles. The van der Waals surface area contributed by atoms with E-state index in [-0.39, 0.29) is 23.9 Å². The van der Waals surface area contributed by atoms with Gasteiger partial charge in [0.05, 0.1) is 0 Å². The van der Waals surface area contributed by atoms with Crippen molar-refractivity contribution in [2.75, 3.05) is 28.6 Å². The fourth-order valence-corrected chi connectivity index (χ4v) is 2.33. The maximum Gasteiger partial charge on any atom is 0.246 e. The number of amides is 1. The average Bonchev–Trinajstić information content (AvgIpc) is 2.54. The van der Waals surface area contributed by atoms with Gasteiger partial charge in [-0.05, 0) is 48.5 Å². The van der Waals surface area contributed by atoms with Crippen molar-refractivity contribution in [3.05, 3.63) is 0 Å². The first kappa shape index (κ1) is 21.4. The van der Waals surface area contributed by atoms with Gasteiger partial charge in [0.1, 0.15) is 6.04 Å². The largest absolute Gasteiger partial charge is 0.352 e. The highest BCUT2D eigenvalue weighted by molar-refractivity contribution is 5.85. The van der Waals surface area contributed by atoms with E-state index in [1.807, 2.05) is 47.7 Å². The number of nitrogens with one attached hydrogen (secondary N) is 2. The Kier molecular flexibility index (Phi) is 8.03. The molecule has 26 heavy (non-hydrogen) atoms. The van der Waals surface area contributed by atoms with Crippen molar-refractivity contribution in [3.8, 4) is 6.19 Å². The number of nitriles is 1. The lowest BCUT2D eigenvalue weighted by atomic mass is 10.2. The molecule has 2 N–H and O–H groups in total. The van der Waals surface area contributed by atoms with Crippen LogP contribution in [0.15, 0.2) is 0 Å². The minimum Gasteiger partial charge on any atom is -0.352 e. The van der Waals surface area contributed by atoms with Crippen molar-refractivity contribution in [3.63, 3.8) is 0 Å². The van der Waals surface area contributed by atoms with Crippen LogP contribution in [-0.2, 0) is 4.79 Å². The highest BCUT2D eigenvalue weighted by atomic mass is 16.2. The Morgan fingerprint density at radius 1 is 1.00 bits per heavy atom. The molecule has 0 radical (unpaired) electrons. The van der Waals surface area contributed by atoms with E-state index in [9.17, 15) is 10.1 Å². The van der Waals surface area contributed by atoms with E-state index in [0.29, 0.717) is 25.0 Å². The topological polar surface area (TPSA) is 110 Å². The zero-order valence-electron chi connectivity index (χ0n) is 16.7. The van der Waals surface area contributed by atoms with Gasteiger partial charge in [-0.1, -0.05) is 0 Å². The molecule has 1 heterocycles. The summed E-state index contributed by atoms with van der Waals surface area (Å²) >= 11 is 0. The third-order valence-corrected chi connectivity index (χ3v) is 3.60. The van der Waals surface area contributed by atoms with E-state index >= 15 is 0 Å². The van der Waals surface area contributed by atoms with Crippen LogP contribution in [0.1, 0.15) is 48.5 Å². The molecule has 1 rings (SSSR count). The van der Waals surface area contributed by atoms with Gasteiger partial charge in [-0.15, -0.1) is 0 Å². The van der Waals surface area contributed by atoms with Crippen LogP contribution >= 0.6 is 0 Å². The van der Waals surface area contributed by atoms with E-state index in [4.69, 9.17) is 0 Å². The molecule has 144 valence electrons. The molecule has 0 spiro atoms. The number of hydrogen-bond donors (Lipinski definition) is 2. The van der Waals surface area contributed by atoms with E-state index in [0.717, 1.165) is 0 Å². The Balaban J connectivity index is 3.26. The van der Waals surface area contributed by atoms with Crippen molar-refractivity contribution in [1.82, 2.24) is 19.9 Å². The molecule has 1 atom stereocenters. The van der Waals surface area contributed by atoms with Gasteiger partial charge in [0.25, 0.3) is 0 Å². The number of anilines is 3. The summed E-state index contributed by atoms with van der Waals surface area (Å²) in [6, 6.07) is -0.481. The van der Waals surface area contributed by atoms with Crippen molar-refractivity contribution >= 4 is 23.8 Å². The highest BCUT2D eigenvalue weighted by Gasteiger charge is 2.28. The summed E-state index contributed by atoms with van der Waals surface area (Å²) < 4.78 is 0. The molecule has 0 unspecified atom stereocenters. The summed E-state index contributed by atoms with van der Waals surface area (Å²) in [5.74, 6) is 0.710. The molecule has 0 fully saturated rings. The standard InChI is InChI=1S/C17H30N8O/c1-8-24(9-2)14(26)13(7)25(10-18)17-22-15(19-11(3)4)21-16(23-17)20-12(5)6/h11-13H,8-9H2,1-7H3,(H2,19,20,21,22,23)/t13-/m1/s1. The maximum absolute atomic E-state index is 12.6. The fraction of sp³-hybridized carbons (Fsp3) is 0.706. The van der Waals surface area contributed by atoms with Crippen LogP contribution in [0.4, 0.5) is 17.8 Å². The molecule has 0 saturated heterocycles. The van der Waals surface area contributed by atoms with E-state index in [1.54, 1.807) is 11.8 Å². The van der Waals surface area contributed by atoms with Crippen LogP contribution in [0.3, 0.4) is 0 Å². The van der Waals surface area contributed by atoms with Gasteiger partial charge >= 0.3 is 0 Å². The molecule has 0 aromatic carbocycles. The fourth-order valence-electron chi connectivity index (χ4n) is 2.33. The first-order valence-corrected chi connectivity index (χ1v) is 9.00. The van der Waals surface area contributed by atoms with Crippen molar-refractivity contribution in [2.45, 2.75) is 66.6 Å². The molecule has 0 aliphatic heterocycles. The highest BCUT2D eigenvalue weighted by Crippen LogP contribution is 2.17. The zero-order valence-corrected chi connectivity index (χ0v) is 16.7. The van der Waals surface area contributed by atoms with Gasteiger partial charge in [-0.25, -0.2) is 4.90 Å². The van der Waals surface area contributed by atoms with E-state index < -0.39 is 6.04 Å².